The lowest BCUT2D eigenvalue weighted by Gasteiger charge is -2.58. The van der Waals surface area contributed by atoms with Crippen molar-refractivity contribution in [1.29, 1.82) is 0 Å². The van der Waals surface area contributed by atoms with Crippen LogP contribution in [0.25, 0.3) is 0 Å². The van der Waals surface area contributed by atoms with Crippen LogP contribution in [-0.2, 0) is 6.42 Å². The summed E-state index contributed by atoms with van der Waals surface area (Å²) in [5.74, 6) is 3.00. The highest BCUT2D eigenvalue weighted by molar-refractivity contribution is 6.66. The lowest BCUT2D eigenvalue weighted by atomic mass is 9.48. The first-order chi connectivity index (χ1) is 13.8. The van der Waals surface area contributed by atoms with Gasteiger partial charge in [0.25, 0.3) is 0 Å². The van der Waals surface area contributed by atoms with Gasteiger partial charge in [0.1, 0.15) is 5.82 Å². The summed E-state index contributed by atoms with van der Waals surface area (Å²) in [4.78, 5) is 6.51. The Morgan fingerprint density at radius 1 is 1.24 bits per heavy atom. The normalized spacial score (nSPS) is 39.5. The molecule has 0 saturated heterocycles. The maximum atomic E-state index is 11.1. The monoisotopic (exact) mass is 394 g/mol. The van der Waals surface area contributed by atoms with Crippen LogP contribution in [-0.4, -0.2) is 50.5 Å². The summed E-state index contributed by atoms with van der Waals surface area (Å²) in [5, 5.41) is 30.8. The summed E-state index contributed by atoms with van der Waals surface area (Å²) in [6, 6.07) is 0.462. The SMILES string of the molecule is CC1Cc2c(ncc3c2C(C2C4CC5CC2CC(O)(C5)C4)=NN(C(C)C)B3O)N1. The van der Waals surface area contributed by atoms with E-state index in [4.69, 9.17) is 5.10 Å². The van der Waals surface area contributed by atoms with Gasteiger partial charge in [0.15, 0.2) is 0 Å². The predicted octanol–water partition coefficient (Wildman–Crippen LogP) is 1.74. The zero-order valence-electron chi connectivity index (χ0n) is 17.6. The minimum absolute atomic E-state index is 0.111. The second-order valence-electron chi connectivity index (χ2n) is 10.7. The van der Waals surface area contributed by atoms with Crippen molar-refractivity contribution in [2.45, 2.75) is 77.0 Å². The van der Waals surface area contributed by atoms with E-state index in [1.54, 1.807) is 0 Å². The van der Waals surface area contributed by atoms with Crippen LogP contribution in [0.5, 0.6) is 0 Å². The van der Waals surface area contributed by atoms with E-state index in [2.05, 4.69) is 31.1 Å². The number of rotatable bonds is 2. The van der Waals surface area contributed by atoms with Crippen molar-refractivity contribution in [2.75, 3.05) is 5.32 Å². The summed E-state index contributed by atoms with van der Waals surface area (Å²) >= 11 is 0. The highest BCUT2D eigenvalue weighted by Gasteiger charge is 2.57. The molecule has 3 unspecified atom stereocenters. The molecule has 3 N–H and O–H groups in total. The third kappa shape index (κ3) is 2.56. The summed E-state index contributed by atoms with van der Waals surface area (Å²) in [5.41, 5.74) is 4.00. The third-order valence-electron chi connectivity index (χ3n) is 8.20. The molecule has 6 aliphatic rings. The van der Waals surface area contributed by atoms with E-state index in [9.17, 15) is 10.1 Å². The minimum Gasteiger partial charge on any atom is -0.428 e. The number of aromatic nitrogens is 1. The maximum Gasteiger partial charge on any atom is 0.468 e. The van der Waals surface area contributed by atoms with Crippen LogP contribution in [0.2, 0.25) is 0 Å². The minimum atomic E-state index is -0.747. The van der Waals surface area contributed by atoms with Gasteiger partial charge in [-0.05, 0) is 77.0 Å². The van der Waals surface area contributed by atoms with E-state index in [-0.39, 0.29) is 6.04 Å². The topological polar surface area (TPSA) is 81.0 Å². The van der Waals surface area contributed by atoms with Crippen molar-refractivity contribution in [3.8, 4) is 0 Å². The first kappa shape index (κ1) is 18.2. The van der Waals surface area contributed by atoms with Crippen molar-refractivity contribution >= 4 is 24.0 Å². The molecule has 3 atom stereocenters. The third-order valence-corrected chi connectivity index (χ3v) is 8.20. The number of pyridine rings is 1. The van der Waals surface area contributed by atoms with Crippen LogP contribution < -0.4 is 10.8 Å². The van der Waals surface area contributed by atoms with E-state index < -0.39 is 12.7 Å². The number of anilines is 1. The van der Waals surface area contributed by atoms with Gasteiger partial charge in [-0.2, -0.15) is 5.10 Å². The quantitative estimate of drug-likeness (QED) is 0.666. The van der Waals surface area contributed by atoms with Gasteiger partial charge in [-0.1, -0.05) is 0 Å². The fourth-order valence-electron chi connectivity index (χ4n) is 7.41. The number of fused-ring (bicyclic) bond motifs is 3. The number of hydrogen-bond acceptors (Lipinski definition) is 6. The highest BCUT2D eigenvalue weighted by atomic mass is 16.3. The van der Waals surface area contributed by atoms with Crippen molar-refractivity contribution < 1.29 is 10.1 Å². The molecular weight excluding hydrogens is 363 g/mol. The Balaban J connectivity index is 1.50. The maximum absolute atomic E-state index is 11.1. The Morgan fingerprint density at radius 2 is 1.97 bits per heavy atom. The van der Waals surface area contributed by atoms with Gasteiger partial charge in [-0.25, -0.2) is 4.98 Å². The van der Waals surface area contributed by atoms with E-state index in [1.807, 2.05) is 11.1 Å². The first-order valence-electron chi connectivity index (χ1n) is 11.4. The lowest BCUT2D eigenvalue weighted by Crippen LogP contribution is -2.60. The molecule has 4 fully saturated rings. The van der Waals surface area contributed by atoms with Gasteiger partial charge in [-0.3, -0.25) is 0 Å². The molecule has 7 heteroatoms. The molecule has 1 aromatic heterocycles. The van der Waals surface area contributed by atoms with E-state index in [0.717, 1.165) is 48.2 Å². The second kappa shape index (κ2) is 5.98. The molecule has 0 radical (unpaired) electrons. The Bertz CT molecular complexity index is 887. The molecule has 2 aliphatic heterocycles. The zero-order valence-corrected chi connectivity index (χ0v) is 17.6. The Morgan fingerprint density at radius 3 is 2.62 bits per heavy atom. The fourth-order valence-corrected chi connectivity index (χ4v) is 7.41. The molecular formula is C22H31BN4O2. The van der Waals surface area contributed by atoms with Crippen molar-refractivity contribution in [2.24, 2.45) is 28.8 Å². The average molecular weight is 394 g/mol. The van der Waals surface area contributed by atoms with Gasteiger partial charge >= 0.3 is 7.05 Å². The van der Waals surface area contributed by atoms with Gasteiger partial charge in [0.05, 0.1) is 11.3 Å². The van der Waals surface area contributed by atoms with Crippen LogP contribution >= 0.6 is 0 Å². The molecule has 6 nitrogen and oxygen atoms in total. The van der Waals surface area contributed by atoms with Gasteiger partial charge in [-0.15, -0.1) is 0 Å². The Hall–Kier alpha value is -1.60. The van der Waals surface area contributed by atoms with Gasteiger partial charge < -0.3 is 20.4 Å². The molecule has 0 aromatic carbocycles. The second-order valence-corrected chi connectivity index (χ2v) is 10.7. The molecule has 4 bridgehead atoms. The molecule has 4 aliphatic carbocycles. The summed E-state index contributed by atoms with van der Waals surface area (Å²) in [7, 11) is -0.747. The largest absolute Gasteiger partial charge is 0.468 e. The van der Waals surface area contributed by atoms with E-state index in [0.29, 0.717) is 29.7 Å². The van der Waals surface area contributed by atoms with Crippen molar-refractivity contribution in [3.05, 3.63) is 17.3 Å². The number of hydrazone groups is 1. The predicted molar refractivity (Wildman–Crippen MR) is 114 cm³/mol. The zero-order chi connectivity index (χ0) is 20.1. The molecule has 154 valence electrons. The van der Waals surface area contributed by atoms with Crippen LogP contribution in [0.15, 0.2) is 11.3 Å². The summed E-state index contributed by atoms with van der Waals surface area (Å²) in [6.45, 7) is 6.35. The van der Waals surface area contributed by atoms with Crippen LogP contribution in [0.1, 0.15) is 64.0 Å². The molecule has 3 heterocycles. The number of nitrogens with one attached hydrogen (secondary N) is 1. The Labute approximate surface area is 172 Å². The van der Waals surface area contributed by atoms with Gasteiger partial charge in [0.2, 0.25) is 0 Å². The average Bonchev–Trinajstić information content (AvgIpc) is 3.01. The number of hydrogen-bond donors (Lipinski definition) is 3. The first-order valence-corrected chi connectivity index (χ1v) is 11.4. The van der Waals surface area contributed by atoms with Crippen molar-refractivity contribution in [3.63, 3.8) is 0 Å². The molecule has 0 amide bonds. The number of aliphatic hydroxyl groups is 1. The fraction of sp³-hybridized carbons (Fsp3) is 0.727. The van der Waals surface area contributed by atoms with Crippen LogP contribution in [0.4, 0.5) is 5.82 Å². The molecule has 29 heavy (non-hydrogen) atoms. The van der Waals surface area contributed by atoms with Crippen molar-refractivity contribution in [1.82, 2.24) is 9.90 Å². The summed E-state index contributed by atoms with van der Waals surface area (Å²) in [6.07, 6.45) is 8.02. The smallest absolute Gasteiger partial charge is 0.428 e. The van der Waals surface area contributed by atoms with E-state index in [1.165, 1.54) is 18.4 Å². The lowest BCUT2D eigenvalue weighted by molar-refractivity contribution is -0.138. The molecule has 1 aromatic rings. The highest BCUT2D eigenvalue weighted by Crippen LogP contribution is 2.59. The molecule has 4 saturated carbocycles. The number of nitrogens with zero attached hydrogens (tertiary/aromatic N) is 3. The van der Waals surface area contributed by atoms with Gasteiger partial charge in [0, 0.05) is 40.8 Å². The van der Waals surface area contributed by atoms with Crippen LogP contribution in [0.3, 0.4) is 0 Å². The van der Waals surface area contributed by atoms with Crippen LogP contribution in [0, 0.1) is 23.7 Å². The molecule has 0 spiro atoms. The standard InChI is InChI=1S/C22H31BN4O2/c1-11(2)27-23(29)17-10-24-21-16(4-12(3)25-21)19(17)20(26-27)18-14-5-13-6-15(18)9-22(28,7-13)8-14/h10-15,18,28-29H,4-9H2,1-3H3,(H,24,25). The molecule has 7 rings (SSSR count). The Kier molecular flexibility index (Phi) is 3.75. The van der Waals surface area contributed by atoms with E-state index >= 15 is 0 Å². The summed E-state index contributed by atoms with van der Waals surface area (Å²) < 4.78 is 0.